The number of hydrogen-bond donors (Lipinski definition) is 1. The van der Waals surface area contributed by atoms with E-state index in [9.17, 15) is 0 Å². The third-order valence-corrected chi connectivity index (χ3v) is 1.69. The Morgan fingerprint density at radius 3 is 2.45 bits per heavy atom. The Bertz CT molecular complexity index is 91.6. The Balaban J connectivity index is 3.23. The first-order valence-corrected chi connectivity index (χ1v) is 4.40. The summed E-state index contributed by atoms with van der Waals surface area (Å²) in [6, 6.07) is 0. The highest BCUT2D eigenvalue weighted by Gasteiger charge is 2.14. The molecule has 0 aromatic heterocycles. The van der Waals surface area contributed by atoms with E-state index in [1.54, 1.807) is 0 Å². The summed E-state index contributed by atoms with van der Waals surface area (Å²) in [5, 5.41) is 0. The molecule has 0 aromatic rings. The smallest absolute Gasteiger partial charge is 0.0529 e. The van der Waals surface area contributed by atoms with Crippen molar-refractivity contribution in [3.63, 3.8) is 0 Å². The van der Waals surface area contributed by atoms with E-state index in [-0.39, 0.29) is 5.41 Å². The molecule has 0 bridgehead atoms. The van der Waals surface area contributed by atoms with Crippen molar-refractivity contribution in [3.05, 3.63) is 0 Å². The van der Waals surface area contributed by atoms with Crippen LogP contribution in [-0.4, -0.2) is 19.8 Å². The van der Waals surface area contributed by atoms with Gasteiger partial charge >= 0.3 is 0 Å². The van der Waals surface area contributed by atoms with Crippen molar-refractivity contribution in [1.29, 1.82) is 0 Å². The van der Waals surface area contributed by atoms with E-state index in [1.807, 2.05) is 0 Å². The molecule has 0 fully saturated rings. The van der Waals surface area contributed by atoms with Gasteiger partial charge in [-0.2, -0.15) is 0 Å². The van der Waals surface area contributed by atoms with E-state index in [1.165, 1.54) is 6.42 Å². The fraction of sp³-hybridized carbons (Fsp3) is 1.00. The molecule has 11 heavy (non-hydrogen) atoms. The second-order valence-electron chi connectivity index (χ2n) is 3.77. The molecule has 0 spiro atoms. The summed E-state index contributed by atoms with van der Waals surface area (Å²) in [5.74, 6) is 0. The molecule has 68 valence electrons. The molecule has 0 aromatic carbocycles. The fourth-order valence-electron chi connectivity index (χ4n) is 0.654. The van der Waals surface area contributed by atoms with Gasteiger partial charge in [-0.25, -0.2) is 0 Å². The molecule has 0 amide bonds. The van der Waals surface area contributed by atoms with E-state index >= 15 is 0 Å². The standard InChI is InChI=1S/C9H21NO/c1-4-5-6-11-8-9(2,3)7-10/h4-8,10H2,1-3H3. The lowest BCUT2D eigenvalue weighted by atomic mass is 9.95. The van der Waals surface area contributed by atoms with E-state index in [0.29, 0.717) is 6.54 Å². The van der Waals surface area contributed by atoms with E-state index in [0.717, 1.165) is 19.6 Å². The first-order valence-electron chi connectivity index (χ1n) is 4.40. The van der Waals surface area contributed by atoms with Crippen LogP contribution in [0, 0.1) is 5.41 Å². The molecule has 0 aliphatic carbocycles. The summed E-state index contributed by atoms with van der Waals surface area (Å²) in [6.07, 6.45) is 2.35. The van der Waals surface area contributed by atoms with Gasteiger partial charge in [0.05, 0.1) is 6.61 Å². The maximum Gasteiger partial charge on any atom is 0.0529 e. The Labute approximate surface area is 70.1 Å². The third-order valence-electron chi connectivity index (χ3n) is 1.69. The number of ether oxygens (including phenoxy) is 1. The highest BCUT2D eigenvalue weighted by Crippen LogP contribution is 2.12. The Morgan fingerprint density at radius 1 is 1.36 bits per heavy atom. The van der Waals surface area contributed by atoms with Crippen LogP contribution in [0.25, 0.3) is 0 Å². The van der Waals surface area contributed by atoms with Crippen molar-refractivity contribution in [2.75, 3.05) is 19.8 Å². The predicted octanol–water partition coefficient (Wildman–Crippen LogP) is 1.79. The van der Waals surface area contributed by atoms with Crippen molar-refractivity contribution in [3.8, 4) is 0 Å². The van der Waals surface area contributed by atoms with Gasteiger partial charge in [0.1, 0.15) is 0 Å². The second kappa shape index (κ2) is 5.56. The summed E-state index contributed by atoms with van der Waals surface area (Å²) in [5.41, 5.74) is 5.69. The van der Waals surface area contributed by atoms with Gasteiger partial charge in [-0.3, -0.25) is 0 Å². The van der Waals surface area contributed by atoms with Crippen LogP contribution in [0.5, 0.6) is 0 Å². The van der Waals surface area contributed by atoms with Crippen LogP contribution in [0.2, 0.25) is 0 Å². The molecule has 0 saturated carbocycles. The molecular weight excluding hydrogens is 138 g/mol. The lowest BCUT2D eigenvalue weighted by Crippen LogP contribution is -2.28. The first kappa shape index (κ1) is 10.9. The first-order chi connectivity index (χ1) is 5.12. The maximum absolute atomic E-state index is 5.54. The van der Waals surface area contributed by atoms with Gasteiger partial charge in [-0.15, -0.1) is 0 Å². The van der Waals surface area contributed by atoms with E-state index in [2.05, 4.69) is 20.8 Å². The maximum atomic E-state index is 5.54. The molecular formula is C9H21NO. The average Bonchev–Trinajstić information content (AvgIpc) is 1.99. The van der Waals surface area contributed by atoms with Gasteiger partial charge in [-0.1, -0.05) is 27.2 Å². The van der Waals surface area contributed by atoms with Gasteiger partial charge in [0.25, 0.3) is 0 Å². The van der Waals surface area contributed by atoms with Crippen LogP contribution in [0.4, 0.5) is 0 Å². The van der Waals surface area contributed by atoms with Crippen LogP contribution >= 0.6 is 0 Å². The largest absolute Gasteiger partial charge is 0.381 e. The Kier molecular flexibility index (Phi) is 5.51. The van der Waals surface area contributed by atoms with Crippen LogP contribution < -0.4 is 5.73 Å². The van der Waals surface area contributed by atoms with Crippen molar-refractivity contribution in [1.82, 2.24) is 0 Å². The van der Waals surface area contributed by atoms with Crippen LogP contribution in [-0.2, 0) is 4.74 Å². The lowest BCUT2D eigenvalue weighted by Gasteiger charge is -2.21. The van der Waals surface area contributed by atoms with Gasteiger partial charge in [-0.05, 0) is 13.0 Å². The van der Waals surface area contributed by atoms with Gasteiger partial charge < -0.3 is 10.5 Å². The highest BCUT2D eigenvalue weighted by atomic mass is 16.5. The Hall–Kier alpha value is -0.0800. The molecule has 0 radical (unpaired) electrons. The normalized spacial score (nSPS) is 12.0. The molecule has 2 heteroatoms. The zero-order valence-electron chi connectivity index (χ0n) is 8.02. The molecule has 0 heterocycles. The van der Waals surface area contributed by atoms with E-state index < -0.39 is 0 Å². The molecule has 0 atom stereocenters. The molecule has 0 aliphatic rings. The predicted molar refractivity (Wildman–Crippen MR) is 48.6 cm³/mol. The monoisotopic (exact) mass is 159 g/mol. The van der Waals surface area contributed by atoms with Crippen molar-refractivity contribution < 1.29 is 4.74 Å². The van der Waals surface area contributed by atoms with Crippen LogP contribution in [0.3, 0.4) is 0 Å². The number of unbranched alkanes of at least 4 members (excludes halogenated alkanes) is 1. The van der Waals surface area contributed by atoms with Crippen molar-refractivity contribution in [2.24, 2.45) is 11.1 Å². The van der Waals surface area contributed by atoms with Gasteiger partial charge in [0.15, 0.2) is 0 Å². The fourth-order valence-corrected chi connectivity index (χ4v) is 0.654. The number of rotatable bonds is 6. The minimum atomic E-state index is 0.147. The summed E-state index contributed by atoms with van der Waals surface area (Å²) in [7, 11) is 0. The van der Waals surface area contributed by atoms with Gasteiger partial charge in [0.2, 0.25) is 0 Å². The summed E-state index contributed by atoms with van der Waals surface area (Å²) in [6.45, 7) is 8.76. The van der Waals surface area contributed by atoms with Crippen LogP contribution in [0.1, 0.15) is 33.6 Å². The number of nitrogens with two attached hydrogens (primary N) is 1. The number of hydrogen-bond acceptors (Lipinski definition) is 2. The van der Waals surface area contributed by atoms with Crippen LogP contribution in [0.15, 0.2) is 0 Å². The quantitative estimate of drug-likeness (QED) is 0.600. The van der Waals surface area contributed by atoms with Gasteiger partial charge in [0, 0.05) is 12.0 Å². The van der Waals surface area contributed by atoms with Crippen molar-refractivity contribution in [2.45, 2.75) is 33.6 Å². The molecule has 2 nitrogen and oxygen atoms in total. The minimum absolute atomic E-state index is 0.147. The minimum Gasteiger partial charge on any atom is -0.381 e. The molecule has 0 aliphatic heterocycles. The zero-order valence-corrected chi connectivity index (χ0v) is 8.02. The molecule has 0 saturated heterocycles. The molecule has 0 rings (SSSR count). The Morgan fingerprint density at radius 2 is 2.00 bits per heavy atom. The highest BCUT2D eigenvalue weighted by molar-refractivity contribution is 4.67. The van der Waals surface area contributed by atoms with Crippen molar-refractivity contribution >= 4 is 0 Å². The SMILES string of the molecule is CCCCOCC(C)(C)CN. The zero-order chi connectivity index (χ0) is 8.74. The summed E-state index contributed by atoms with van der Waals surface area (Å²) < 4.78 is 5.45. The van der Waals surface area contributed by atoms with E-state index in [4.69, 9.17) is 10.5 Å². The second-order valence-corrected chi connectivity index (χ2v) is 3.77. The summed E-state index contributed by atoms with van der Waals surface area (Å²) in [4.78, 5) is 0. The molecule has 0 unspecified atom stereocenters. The third kappa shape index (κ3) is 6.32. The average molecular weight is 159 g/mol. The topological polar surface area (TPSA) is 35.2 Å². The molecule has 2 N–H and O–H groups in total. The lowest BCUT2D eigenvalue weighted by molar-refractivity contribution is 0.0647. The summed E-state index contributed by atoms with van der Waals surface area (Å²) >= 11 is 0.